The molecule has 5 heteroatoms. The Morgan fingerprint density at radius 1 is 1.44 bits per heavy atom. The Morgan fingerprint density at radius 3 is 2.50 bits per heavy atom. The Kier molecular flexibility index (Phi) is 5.15. The fourth-order valence-electron chi connectivity index (χ4n) is 1.95. The molecule has 1 fully saturated rings. The van der Waals surface area contributed by atoms with Crippen LogP contribution in [0.5, 0.6) is 0 Å². The van der Waals surface area contributed by atoms with Crippen LogP contribution in [-0.4, -0.2) is 53.4 Å². The van der Waals surface area contributed by atoms with Gasteiger partial charge in [-0.05, 0) is 33.2 Å². The molecule has 1 amide bonds. The summed E-state index contributed by atoms with van der Waals surface area (Å²) in [5.41, 5.74) is 5.47. The average Bonchev–Trinajstić information content (AvgIpc) is 2.27. The number of piperidine rings is 1. The normalized spacial score (nSPS) is 18.6. The summed E-state index contributed by atoms with van der Waals surface area (Å²) in [6, 6.07) is -0.139. The van der Waals surface area contributed by atoms with Crippen LogP contribution in [-0.2, 0) is 4.79 Å². The quantitative estimate of drug-likeness (QED) is 0.735. The summed E-state index contributed by atoms with van der Waals surface area (Å²) in [5, 5.41) is 0. The van der Waals surface area contributed by atoms with Crippen molar-refractivity contribution in [1.29, 1.82) is 0 Å². The second-order valence-corrected chi connectivity index (χ2v) is 4.97. The van der Waals surface area contributed by atoms with Gasteiger partial charge < -0.3 is 10.6 Å². The molecule has 0 saturated carbocycles. The van der Waals surface area contributed by atoms with E-state index in [0.29, 0.717) is 11.5 Å². The summed E-state index contributed by atoms with van der Waals surface area (Å²) in [5.74, 6) is 0.193. The highest BCUT2D eigenvalue weighted by Gasteiger charge is 2.24. The molecule has 1 atom stereocenters. The van der Waals surface area contributed by atoms with Crippen LogP contribution < -0.4 is 5.73 Å². The summed E-state index contributed by atoms with van der Waals surface area (Å²) in [4.78, 5) is 16.4. The Balaban J connectivity index is 2.48. The Bertz CT molecular complexity index is 264. The Morgan fingerprint density at radius 2 is 2.00 bits per heavy atom. The fraction of sp³-hybridized carbons (Fsp3) is 0.818. The van der Waals surface area contributed by atoms with Crippen LogP contribution in [0, 0.1) is 0 Å². The van der Waals surface area contributed by atoms with E-state index >= 15 is 0 Å². The number of likely N-dealkylation sites (tertiary alicyclic amines) is 1. The largest absolute Gasteiger partial charge is 0.392 e. The standard InChI is InChI=1S/C11H21N3OS/c1-9(13(2)8-10(12)16)11(15)14-6-4-3-5-7-14/h9H,3-8H2,1-2H3,(H2,12,16). The Labute approximate surface area is 103 Å². The van der Waals surface area contributed by atoms with Gasteiger partial charge in [0.1, 0.15) is 0 Å². The van der Waals surface area contributed by atoms with E-state index < -0.39 is 0 Å². The first-order valence-corrected chi connectivity index (χ1v) is 6.20. The third kappa shape index (κ3) is 3.72. The van der Waals surface area contributed by atoms with E-state index in [4.69, 9.17) is 18.0 Å². The number of amides is 1. The molecule has 4 nitrogen and oxygen atoms in total. The van der Waals surface area contributed by atoms with Gasteiger partial charge in [-0.2, -0.15) is 0 Å². The molecule has 0 spiro atoms. The lowest BCUT2D eigenvalue weighted by molar-refractivity contribution is -0.136. The van der Waals surface area contributed by atoms with Crippen molar-refractivity contribution in [1.82, 2.24) is 9.80 Å². The van der Waals surface area contributed by atoms with Gasteiger partial charge in [0.2, 0.25) is 5.91 Å². The van der Waals surface area contributed by atoms with Crippen molar-refractivity contribution in [3.8, 4) is 0 Å². The van der Waals surface area contributed by atoms with Crippen molar-refractivity contribution in [3.63, 3.8) is 0 Å². The molecule has 0 radical (unpaired) electrons. The van der Waals surface area contributed by atoms with E-state index in [0.717, 1.165) is 25.9 Å². The van der Waals surface area contributed by atoms with Crippen LogP contribution in [0.4, 0.5) is 0 Å². The topological polar surface area (TPSA) is 49.6 Å². The van der Waals surface area contributed by atoms with E-state index in [1.807, 2.05) is 23.8 Å². The summed E-state index contributed by atoms with van der Waals surface area (Å²) in [6.07, 6.45) is 3.48. The lowest BCUT2D eigenvalue weighted by Gasteiger charge is -2.32. The van der Waals surface area contributed by atoms with Gasteiger partial charge >= 0.3 is 0 Å². The van der Waals surface area contributed by atoms with E-state index in [-0.39, 0.29) is 11.9 Å². The zero-order chi connectivity index (χ0) is 12.1. The second-order valence-electron chi connectivity index (χ2n) is 4.44. The second kappa shape index (κ2) is 6.15. The van der Waals surface area contributed by atoms with Crippen molar-refractivity contribution in [2.75, 3.05) is 26.7 Å². The van der Waals surface area contributed by atoms with Crippen molar-refractivity contribution < 1.29 is 4.79 Å². The van der Waals surface area contributed by atoms with Gasteiger partial charge in [0.15, 0.2) is 0 Å². The van der Waals surface area contributed by atoms with Gasteiger partial charge in [0, 0.05) is 19.6 Å². The molecule has 92 valence electrons. The minimum atomic E-state index is -0.139. The van der Waals surface area contributed by atoms with Gasteiger partial charge in [-0.15, -0.1) is 0 Å². The first kappa shape index (κ1) is 13.4. The van der Waals surface area contributed by atoms with Crippen LogP contribution in [0.2, 0.25) is 0 Å². The number of thiocarbonyl (C=S) groups is 1. The summed E-state index contributed by atoms with van der Waals surface area (Å²) < 4.78 is 0. The molecule has 0 aromatic carbocycles. The molecule has 1 aliphatic heterocycles. The SMILES string of the molecule is CC(C(=O)N1CCCCC1)N(C)CC(N)=S. The molecule has 1 heterocycles. The number of nitrogens with two attached hydrogens (primary N) is 1. The van der Waals surface area contributed by atoms with Crippen molar-refractivity contribution in [2.24, 2.45) is 5.73 Å². The molecule has 1 saturated heterocycles. The van der Waals surface area contributed by atoms with Crippen LogP contribution in [0.25, 0.3) is 0 Å². The number of rotatable bonds is 4. The van der Waals surface area contributed by atoms with Crippen molar-refractivity contribution in [2.45, 2.75) is 32.2 Å². The summed E-state index contributed by atoms with van der Waals surface area (Å²) in [7, 11) is 1.88. The third-order valence-corrected chi connectivity index (χ3v) is 3.22. The van der Waals surface area contributed by atoms with Crippen LogP contribution >= 0.6 is 12.2 Å². The molecule has 0 aliphatic carbocycles. The van der Waals surface area contributed by atoms with Gasteiger partial charge in [-0.3, -0.25) is 9.69 Å². The molecule has 0 aromatic heterocycles. The average molecular weight is 243 g/mol. The van der Waals surface area contributed by atoms with E-state index in [2.05, 4.69) is 0 Å². The van der Waals surface area contributed by atoms with Crippen LogP contribution in [0.3, 0.4) is 0 Å². The summed E-state index contributed by atoms with van der Waals surface area (Å²) in [6.45, 7) is 4.19. The number of nitrogens with zero attached hydrogens (tertiary/aromatic N) is 2. The van der Waals surface area contributed by atoms with Gasteiger partial charge in [0.05, 0.1) is 11.0 Å². The summed E-state index contributed by atoms with van der Waals surface area (Å²) >= 11 is 4.85. The highest BCUT2D eigenvalue weighted by Crippen LogP contribution is 2.11. The number of carbonyl (C=O) groups is 1. The highest BCUT2D eigenvalue weighted by atomic mass is 32.1. The van der Waals surface area contributed by atoms with Crippen LogP contribution in [0.1, 0.15) is 26.2 Å². The van der Waals surface area contributed by atoms with Crippen LogP contribution in [0.15, 0.2) is 0 Å². The minimum absolute atomic E-state index is 0.139. The molecule has 1 aliphatic rings. The minimum Gasteiger partial charge on any atom is -0.392 e. The number of carbonyl (C=O) groups excluding carboxylic acids is 1. The predicted molar refractivity (Wildman–Crippen MR) is 69.3 cm³/mol. The number of likely N-dealkylation sites (N-methyl/N-ethyl adjacent to an activating group) is 1. The highest BCUT2D eigenvalue weighted by molar-refractivity contribution is 7.80. The van der Waals surface area contributed by atoms with Gasteiger partial charge in [-0.1, -0.05) is 12.2 Å². The van der Waals surface area contributed by atoms with Gasteiger partial charge in [-0.25, -0.2) is 0 Å². The molecule has 2 N–H and O–H groups in total. The molecule has 16 heavy (non-hydrogen) atoms. The Hall–Kier alpha value is -0.680. The van der Waals surface area contributed by atoms with E-state index in [1.165, 1.54) is 6.42 Å². The maximum atomic E-state index is 12.1. The van der Waals surface area contributed by atoms with Crippen molar-refractivity contribution >= 4 is 23.1 Å². The molecule has 1 unspecified atom stereocenters. The molecular weight excluding hydrogens is 222 g/mol. The lowest BCUT2D eigenvalue weighted by atomic mass is 10.1. The van der Waals surface area contributed by atoms with E-state index in [9.17, 15) is 4.79 Å². The monoisotopic (exact) mass is 243 g/mol. The zero-order valence-corrected chi connectivity index (χ0v) is 10.9. The maximum absolute atomic E-state index is 12.1. The predicted octanol–water partition coefficient (Wildman–Crippen LogP) is 0.605. The maximum Gasteiger partial charge on any atom is 0.239 e. The first-order chi connectivity index (χ1) is 7.52. The molecule has 0 aromatic rings. The lowest BCUT2D eigenvalue weighted by Crippen LogP contribution is -2.49. The third-order valence-electron chi connectivity index (χ3n) is 3.09. The molecular formula is C11H21N3OS. The first-order valence-electron chi connectivity index (χ1n) is 5.79. The van der Waals surface area contributed by atoms with Crippen molar-refractivity contribution in [3.05, 3.63) is 0 Å². The number of hydrogen-bond acceptors (Lipinski definition) is 3. The van der Waals surface area contributed by atoms with E-state index in [1.54, 1.807) is 0 Å². The zero-order valence-electron chi connectivity index (χ0n) is 10.1. The molecule has 0 bridgehead atoms. The number of hydrogen-bond donors (Lipinski definition) is 1. The molecule has 1 rings (SSSR count). The van der Waals surface area contributed by atoms with Gasteiger partial charge in [0.25, 0.3) is 0 Å². The smallest absolute Gasteiger partial charge is 0.239 e. The fourth-order valence-corrected chi connectivity index (χ4v) is 2.15.